The first-order valence-electron chi connectivity index (χ1n) is 10.1. The molecule has 2 amide bonds. The van der Waals surface area contributed by atoms with E-state index in [9.17, 15) is 14.4 Å². The number of piperidine rings is 1. The predicted molar refractivity (Wildman–Crippen MR) is 111 cm³/mol. The van der Waals surface area contributed by atoms with Crippen LogP contribution in [0.25, 0.3) is 11.1 Å². The number of nitrogens with zero attached hydrogens (tertiary/aromatic N) is 2. The summed E-state index contributed by atoms with van der Waals surface area (Å²) in [4.78, 5) is 39.2. The van der Waals surface area contributed by atoms with Gasteiger partial charge in [0.25, 0.3) is 0 Å². The van der Waals surface area contributed by atoms with E-state index in [0.717, 1.165) is 0 Å². The fourth-order valence-electron chi connectivity index (χ4n) is 4.01. The predicted octanol–water partition coefficient (Wildman–Crippen LogP) is 2.20. The van der Waals surface area contributed by atoms with E-state index in [2.05, 4.69) is 5.32 Å². The number of rotatable bonds is 4. The minimum Gasteiger partial charge on any atom is -0.454 e. The average molecular weight is 423 g/mol. The molecule has 9 heteroatoms. The van der Waals surface area contributed by atoms with Crippen LogP contribution in [0.5, 0.6) is 11.5 Å². The van der Waals surface area contributed by atoms with Crippen LogP contribution in [0.3, 0.4) is 0 Å². The number of oxazole rings is 1. The molecule has 0 bridgehead atoms. The number of fused-ring (bicyclic) bond motifs is 2. The maximum absolute atomic E-state index is 12.7. The van der Waals surface area contributed by atoms with Gasteiger partial charge >= 0.3 is 5.76 Å². The summed E-state index contributed by atoms with van der Waals surface area (Å²) in [6.45, 7) is 1.02. The normalized spacial score (nSPS) is 15.9. The molecule has 160 valence electrons. The van der Waals surface area contributed by atoms with Crippen molar-refractivity contribution >= 4 is 28.6 Å². The van der Waals surface area contributed by atoms with E-state index in [-0.39, 0.29) is 31.1 Å². The van der Waals surface area contributed by atoms with Gasteiger partial charge in [0.2, 0.25) is 18.6 Å². The van der Waals surface area contributed by atoms with Crippen LogP contribution >= 0.6 is 0 Å². The first-order valence-corrected chi connectivity index (χ1v) is 10.1. The molecular weight excluding hydrogens is 402 g/mol. The SMILES string of the molecule is O=C(Nc1ccc2c(c1)OCO2)C1CCN(C(=O)Cn2c(=O)oc3ccccc32)CC1. The van der Waals surface area contributed by atoms with Gasteiger partial charge in [-0.15, -0.1) is 0 Å². The monoisotopic (exact) mass is 423 g/mol. The van der Waals surface area contributed by atoms with E-state index >= 15 is 0 Å². The number of hydrogen-bond acceptors (Lipinski definition) is 6. The van der Waals surface area contributed by atoms with E-state index in [0.29, 0.717) is 54.2 Å². The minimum absolute atomic E-state index is 0.0795. The third kappa shape index (κ3) is 3.74. The summed E-state index contributed by atoms with van der Waals surface area (Å²) in [7, 11) is 0. The molecule has 3 aromatic rings. The minimum atomic E-state index is -0.549. The Balaban J connectivity index is 1.18. The molecule has 1 aromatic heterocycles. The summed E-state index contributed by atoms with van der Waals surface area (Å²) in [5.74, 6) is 0.292. The molecule has 2 aromatic carbocycles. The topological polar surface area (TPSA) is 103 Å². The Labute approximate surface area is 177 Å². The lowest BCUT2D eigenvalue weighted by Gasteiger charge is -2.31. The molecule has 5 rings (SSSR count). The Hall–Kier alpha value is -3.75. The van der Waals surface area contributed by atoms with Crippen molar-refractivity contribution in [1.82, 2.24) is 9.47 Å². The zero-order valence-corrected chi connectivity index (χ0v) is 16.7. The van der Waals surface area contributed by atoms with Gasteiger partial charge in [-0.3, -0.25) is 14.2 Å². The molecule has 1 fully saturated rings. The first kappa shape index (κ1) is 19.2. The number of para-hydroxylation sites is 2. The van der Waals surface area contributed by atoms with Crippen molar-refractivity contribution in [2.24, 2.45) is 5.92 Å². The molecule has 0 aliphatic carbocycles. The highest BCUT2D eigenvalue weighted by atomic mass is 16.7. The van der Waals surface area contributed by atoms with Gasteiger partial charge in [-0.2, -0.15) is 0 Å². The maximum atomic E-state index is 12.7. The summed E-state index contributed by atoms with van der Waals surface area (Å²) >= 11 is 0. The van der Waals surface area contributed by atoms with Crippen molar-refractivity contribution in [3.05, 3.63) is 53.0 Å². The molecule has 3 heterocycles. The van der Waals surface area contributed by atoms with Gasteiger partial charge in [-0.25, -0.2) is 4.79 Å². The Morgan fingerprint density at radius 1 is 1.03 bits per heavy atom. The Bertz CT molecular complexity index is 1210. The summed E-state index contributed by atoms with van der Waals surface area (Å²) in [6, 6.07) is 12.3. The van der Waals surface area contributed by atoms with Crippen molar-refractivity contribution in [3.8, 4) is 11.5 Å². The number of carbonyl (C=O) groups is 2. The molecule has 2 aliphatic heterocycles. The third-order valence-electron chi connectivity index (χ3n) is 5.73. The highest BCUT2D eigenvalue weighted by molar-refractivity contribution is 5.93. The highest BCUT2D eigenvalue weighted by Crippen LogP contribution is 2.34. The van der Waals surface area contributed by atoms with Gasteiger partial charge in [0.15, 0.2) is 17.1 Å². The largest absolute Gasteiger partial charge is 0.454 e. The fourth-order valence-corrected chi connectivity index (χ4v) is 4.01. The third-order valence-corrected chi connectivity index (χ3v) is 5.73. The van der Waals surface area contributed by atoms with Gasteiger partial charge in [0.05, 0.1) is 5.52 Å². The van der Waals surface area contributed by atoms with Crippen LogP contribution in [-0.2, 0) is 16.1 Å². The van der Waals surface area contributed by atoms with Crippen LogP contribution in [0, 0.1) is 5.92 Å². The molecule has 0 unspecified atom stereocenters. The molecule has 0 spiro atoms. The number of anilines is 1. The Morgan fingerprint density at radius 2 is 1.81 bits per heavy atom. The van der Waals surface area contributed by atoms with Crippen molar-refractivity contribution < 1.29 is 23.5 Å². The number of nitrogens with one attached hydrogen (secondary N) is 1. The van der Waals surface area contributed by atoms with Gasteiger partial charge < -0.3 is 24.1 Å². The number of carbonyl (C=O) groups excluding carboxylic acids is 2. The van der Waals surface area contributed by atoms with Gasteiger partial charge in [0, 0.05) is 30.8 Å². The van der Waals surface area contributed by atoms with Crippen molar-refractivity contribution in [3.63, 3.8) is 0 Å². The van der Waals surface area contributed by atoms with Crippen molar-refractivity contribution in [1.29, 1.82) is 0 Å². The molecule has 0 atom stereocenters. The van der Waals surface area contributed by atoms with E-state index in [1.807, 2.05) is 0 Å². The number of benzene rings is 2. The number of ether oxygens (including phenoxy) is 2. The van der Waals surface area contributed by atoms with E-state index in [1.165, 1.54) is 4.57 Å². The van der Waals surface area contributed by atoms with E-state index in [1.54, 1.807) is 47.4 Å². The Morgan fingerprint density at radius 3 is 2.65 bits per heavy atom. The summed E-state index contributed by atoms with van der Waals surface area (Å²) in [6.07, 6.45) is 1.12. The van der Waals surface area contributed by atoms with E-state index in [4.69, 9.17) is 13.9 Å². The quantitative estimate of drug-likeness (QED) is 0.690. The zero-order valence-electron chi connectivity index (χ0n) is 16.7. The average Bonchev–Trinajstić information content (AvgIpc) is 3.37. The van der Waals surface area contributed by atoms with Crippen LogP contribution in [0.1, 0.15) is 12.8 Å². The van der Waals surface area contributed by atoms with Gasteiger partial charge in [-0.05, 0) is 37.1 Å². The molecule has 9 nitrogen and oxygen atoms in total. The lowest BCUT2D eigenvalue weighted by atomic mass is 9.95. The fraction of sp³-hybridized carbons (Fsp3) is 0.318. The summed E-state index contributed by atoms with van der Waals surface area (Å²) < 4.78 is 17.1. The maximum Gasteiger partial charge on any atom is 0.420 e. The van der Waals surface area contributed by atoms with E-state index < -0.39 is 5.76 Å². The van der Waals surface area contributed by atoms with Crippen LogP contribution in [-0.4, -0.2) is 41.2 Å². The lowest BCUT2D eigenvalue weighted by molar-refractivity contribution is -0.135. The highest BCUT2D eigenvalue weighted by Gasteiger charge is 2.28. The van der Waals surface area contributed by atoms with Crippen LogP contribution < -0.4 is 20.5 Å². The summed E-state index contributed by atoms with van der Waals surface area (Å²) in [5, 5.41) is 2.91. The molecule has 1 saturated heterocycles. The molecule has 31 heavy (non-hydrogen) atoms. The molecule has 0 radical (unpaired) electrons. The lowest BCUT2D eigenvalue weighted by Crippen LogP contribution is -2.43. The van der Waals surface area contributed by atoms with Crippen LogP contribution in [0.15, 0.2) is 51.7 Å². The van der Waals surface area contributed by atoms with Gasteiger partial charge in [-0.1, -0.05) is 12.1 Å². The molecular formula is C22H21N3O6. The number of likely N-dealkylation sites (tertiary alicyclic amines) is 1. The first-order chi connectivity index (χ1) is 15.1. The second-order valence-electron chi connectivity index (χ2n) is 7.63. The summed E-state index contributed by atoms with van der Waals surface area (Å²) in [5.41, 5.74) is 1.71. The second-order valence-corrected chi connectivity index (χ2v) is 7.63. The van der Waals surface area contributed by atoms with Crippen LogP contribution in [0.2, 0.25) is 0 Å². The number of hydrogen-bond donors (Lipinski definition) is 1. The van der Waals surface area contributed by atoms with Crippen LogP contribution in [0.4, 0.5) is 5.69 Å². The standard InChI is InChI=1S/C22H21N3O6/c26-20(12-25-16-3-1-2-4-17(16)31-22(25)28)24-9-7-14(8-10-24)21(27)23-15-5-6-18-19(11-15)30-13-29-18/h1-6,11,14H,7-10,12-13H2,(H,23,27). The second kappa shape index (κ2) is 7.82. The molecule has 1 N–H and O–H groups in total. The smallest absolute Gasteiger partial charge is 0.420 e. The number of amides is 2. The zero-order chi connectivity index (χ0) is 21.4. The van der Waals surface area contributed by atoms with Crippen molar-refractivity contribution in [2.75, 3.05) is 25.2 Å². The Kier molecular flexibility index (Phi) is 4.85. The molecule has 0 saturated carbocycles. The molecule has 2 aliphatic rings. The van der Waals surface area contributed by atoms with Gasteiger partial charge in [0.1, 0.15) is 6.54 Å². The number of aromatic nitrogens is 1. The van der Waals surface area contributed by atoms with Crippen molar-refractivity contribution in [2.45, 2.75) is 19.4 Å².